The van der Waals surface area contributed by atoms with E-state index in [1.165, 1.54) is 12.1 Å². The zero-order valence-electron chi connectivity index (χ0n) is 15.5. The summed E-state index contributed by atoms with van der Waals surface area (Å²) < 4.78 is 28.4. The van der Waals surface area contributed by atoms with Crippen LogP contribution in [0.15, 0.2) is 53.4 Å². The molecule has 0 saturated heterocycles. The molecule has 0 aromatic heterocycles. The molecule has 7 heteroatoms. The monoisotopic (exact) mass is 421 g/mol. The van der Waals surface area contributed by atoms with Crippen molar-refractivity contribution >= 4 is 27.6 Å². The Hall–Kier alpha value is -1.89. The maximum atomic E-state index is 12.7. The third-order valence-corrected chi connectivity index (χ3v) is 6.97. The van der Waals surface area contributed by atoms with Gasteiger partial charge < -0.3 is 5.11 Å². The van der Waals surface area contributed by atoms with E-state index in [0.29, 0.717) is 5.02 Å². The number of hydrogen-bond donors (Lipinski definition) is 2. The molecular formula is C21H24ClNO4S. The number of hydrogen-bond acceptors (Lipinski definition) is 3. The number of nitrogens with one attached hydrogen (secondary N) is 1. The molecule has 1 aliphatic rings. The summed E-state index contributed by atoms with van der Waals surface area (Å²) in [7, 11) is -3.60. The van der Waals surface area contributed by atoms with Crippen molar-refractivity contribution < 1.29 is 18.3 Å². The Morgan fingerprint density at radius 1 is 1.00 bits per heavy atom. The number of carboxylic acid groups (broad SMARTS) is 1. The number of carbonyl (C=O) groups is 1. The van der Waals surface area contributed by atoms with Gasteiger partial charge in [-0.3, -0.25) is 4.79 Å². The van der Waals surface area contributed by atoms with Crippen molar-refractivity contribution in [3.63, 3.8) is 0 Å². The Kier molecular flexibility index (Phi) is 6.75. The van der Waals surface area contributed by atoms with E-state index in [-0.39, 0.29) is 23.3 Å². The maximum Gasteiger partial charge on any atom is 0.307 e. The summed E-state index contributed by atoms with van der Waals surface area (Å²) in [5, 5.41) is 9.38. The lowest BCUT2D eigenvalue weighted by Crippen LogP contribution is -2.42. The molecule has 2 aromatic carbocycles. The zero-order chi connectivity index (χ0) is 20.1. The first-order valence-corrected chi connectivity index (χ1v) is 11.3. The molecule has 1 fully saturated rings. The molecule has 0 aliphatic heterocycles. The molecule has 0 bridgehead atoms. The number of rotatable bonds is 7. The molecule has 0 heterocycles. The van der Waals surface area contributed by atoms with Gasteiger partial charge in [0.25, 0.3) is 0 Å². The van der Waals surface area contributed by atoms with Crippen LogP contribution in [0.3, 0.4) is 0 Å². The van der Waals surface area contributed by atoms with Gasteiger partial charge in [0, 0.05) is 11.1 Å². The third-order valence-electron chi connectivity index (χ3n) is 5.22. The van der Waals surface area contributed by atoms with Crippen molar-refractivity contribution in [2.45, 2.75) is 49.5 Å². The molecule has 28 heavy (non-hydrogen) atoms. The quantitative estimate of drug-likeness (QED) is 0.706. The first-order valence-electron chi connectivity index (χ1n) is 9.41. The minimum atomic E-state index is -3.60. The Morgan fingerprint density at radius 2 is 1.61 bits per heavy atom. The van der Waals surface area contributed by atoms with E-state index < -0.39 is 16.0 Å². The second kappa shape index (κ2) is 9.07. The van der Waals surface area contributed by atoms with Crippen LogP contribution < -0.4 is 4.72 Å². The molecule has 1 saturated carbocycles. The van der Waals surface area contributed by atoms with Gasteiger partial charge in [-0.05, 0) is 60.6 Å². The lowest BCUT2D eigenvalue weighted by Gasteiger charge is -2.32. The van der Waals surface area contributed by atoms with Crippen LogP contribution in [-0.2, 0) is 27.7 Å². The number of halogens is 1. The number of sulfonamides is 1. The normalized spacial score (nSPS) is 20.0. The highest BCUT2D eigenvalue weighted by molar-refractivity contribution is 7.89. The fourth-order valence-electron chi connectivity index (χ4n) is 3.76. The largest absolute Gasteiger partial charge is 0.481 e. The summed E-state index contributed by atoms with van der Waals surface area (Å²) in [5.41, 5.74) is 1.86. The standard InChI is InChI=1S/C21H24ClNO4S/c22-18-9-11-19(12-10-18)28(26,27)23-20-4-2-1-3-17(20)13-15-5-7-16(8-6-15)14-21(24)25/h5-12,17,20,23H,1-4,13-14H2,(H,24,25)/t17-,20+/m0/s1. The Morgan fingerprint density at radius 3 is 2.25 bits per heavy atom. The summed E-state index contributed by atoms with van der Waals surface area (Å²) >= 11 is 5.86. The molecule has 0 radical (unpaired) electrons. The van der Waals surface area contributed by atoms with E-state index in [9.17, 15) is 13.2 Å². The van der Waals surface area contributed by atoms with Crippen molar-refractivity contribution in [3.05, 3.63) is 64.7 Å². The summed E-state index contributed by atoms with van der Waals surface area (Å²) in [6.07, 6.45) is 4.64. The molecule has 2 N–H and O–H groups in total. The third kappa shape index (κ3) is 5.56. The Balaban J connectivity index is 1.70. The number of carboxylic acids is 1. The van der Waals surface area contributed by atoms with Gasteiger partial charge in [0.2, 0.25) is 10.0 Å². The minimum Gasteiger partial charge on any atom is -0.481 e. The van der Waals surface area contributed by atoms with E-state index in [1.807, 2.05) is 24.3 Å². The van der Waals surface area contributed by atoms with Crippen LogP contribution >= 0.6 is 11.6 Å². The highest BCUT2D eigenvalue weighted by atomic mass is 35.5. The average molecular weight is 422 g/mol. The predicted octanol–water partition coefficient (Wildman–Crippen LogP) is 4.05. The summed E-state index contributed by atoms with van der Waals surface area (Å²) in [6, 6.07) is 13.6. The Labute approximate surface area is 170 Å². The molecule has 0 amide bonds. The SMILES string of the molecule is O=C(O)Cc1ccc(C[C@@H]2CCCC[C@H]2NS(=O)(=O)c2ccc(Cl)cc2)cc1. The molecule has 0 unspecified atom stereocenters. The van der Waals surface area contributed by atoms with E-state index in [4.69, 9.17) is 16.7 Å². The average Bonchev–Trinajstić information content (AvgIpc) is 2.65. The fraction of sp³-hybridized carbons (Fsp3) is 0.381. The highest BCUT2D eigenvalue weighted by Gasteiger charge is 2.29. The van der Waals surface area contributed by atoms with Crippen LogP contribution in [0.1, 0.15) is 36.8 Å². The summed E-state index contributed by atoms with van der Waals surface area (Å²) in [4.78, 5) is 11.0. The summed E-state index contributed by atoms with van der Waals surface area (Å²) in [5.74, 6) is -0.641. The smallest absolute Gasteiger partial charge is 0.307 e. The van der Waals surface area contributed by atoms with E-state index >= 15 is 0 Å². The van der Waals surface area contributed by atoms with E-state index in [1.54, 1.807) is 12.1 Å². The van der Waals surface area contributed by atoms with Gasteiger partial charge in [0.15, 0.2) is 0 Å². The first-order chi connectivity index (χ1) is 13.3. The zero-order valence-corrected chi connectivity index (χ0v) is 17.0. The van der Waals surface area contributed by atoms with Crippen LogP contribution in [0, 0.1) is 5.92 Å². The van der Waals surface area contributed by atoms with Crippen molar-refractivity contribution in [2.75, 3.05) is 0 Å². The fourth-order valence-corrected chi connectivity index (χ4v) is 5.22. The molecule has 2 aromatic rings. The molecule has 2 atom stereocenters. The lowest BCUT2D eigenvalue weighted by atomic mass is 9.81. The van der Waals surface area contributed by atoms with Gasteiger partial charge in [-0.2, -0.15) is 0 Å². The molecule has 1 aliphatic carbocycles. The molecule has 0 spiro atoms. The molecule has 3 rings (SSSR count). The first kappa shape index (κ1) is 20.8. The molecule has 5 nitrogen and oxygen atoms in total. The number of benzene rings is 2. The Bertz CT molecular complexity index is 910. The van der Waals surface area contributed by atoms with Crippen molar-refractivity contribution in [1.29, 1.82) is 0 Å². The highest BCUT2D eigenvalue weighted by Crippen LogP contribution is 2.29. The second-order valence-corrected chi connectivity index (χ2v) is 9.47. The van der Waals surface area contributed by atoms with Crippen molar-refractivity contribution in [3.8, 4) is 0 Å². The van der Waals surface area contributed by atoms with Crippen LogP contribution in [0.5, 0.6) is 0 Å². The van der Waals surface area contributed by atoms with Gasteiger partial charge in [-0.25, -0.2) is 13.1 Å². The van der Waals surface area contributed by atoms with Crippen LogP contribution in [0.4, 0.5) is 0 Å². The van der Waals surface area contributed by atoms with Crippen LogP contribution in [0.25, 0.3) is 0 Å². The van der Waals surface area contributed by atoms with E-state index in [2.05, 4.69) is 4.72 Å². The number of aliphatic carboxylic acids is 1. The molecular weight excluding hydrogens is 398 g/mol. The minimum absolute atomic E-state index is 0.00717. The molecule has 150 valence electrons. The van der Waals surface area contributed by atoms with Gasteiger partial charge in [-0.1, -0.05) is 48.7 Å². The van der Waals surface area contributed by atoms with Gasteiger partial charge in [-0.15, -0.1) is 0 Å². The van der Waals surface area contributed by atoms with Gasteiger partial charge in [0.1, 0.15) is 0 Å². The van der Waals surface area contributed by atoms with E-state index in [0.717, 1.165) is 43.2 Å². The van der Waals surface area contributed by atoms with Crippen molar-refractivity contribution in [2.24, 2.45) is 5.92 Å². The topological polar surface area (TPSA) is 83.5 Å². The summed E-state index contributed by atoms with van der Waals surface area (Å²) in [6.45, 7) is 0. The van der Waals surface area contributed by atoms with Gasteiger partial charge >= 0.3 is 5.97 Å². The predicted molar refractivity (Wildman–Crippen MR) is 109 cm³/mol. The second-order valence-electron chi connectivity index (χ2n) is 7.32. The maximum absolute atomic E-state index is 12.7. The van der Waals surface area contributed by atoms with Crippen molar-refractivity contribution in [1.82, 2.24) is 4.72 Å². The van der Waals surface area contributed by atoms with Crippen LogP contribution in [-0.4, -0.2) is 25.5 Å². The lowest BCUT2D eigenvalue weighted by molar-refractivity contribution is -0.136. The van der Waals surface area contributed by atoms with Crippen LogP contribution in [0.2, 0.25) is 5.02 Å². The van der Waals surface area contributed by atoms with Gasteiger partial charge in [0.05, 0.1) is 11.3 Å².